The SMILES string of the molecule is COC(=O)c1cccc2c1CCC(CCCc1ccnc3ccccc13)C2=O. The van der Waals surface area contributed by atoms with Crippen LogP contribution in [0.15, 0.2) is 54.7 Å². The molecule has 1 aliphatic rings. The topological polar surface area (TPSA) is 56.3 Å². The smallest absolute Gasteiger partial charge is 0.338 e. The monoisotopic (exact) mass is 373 g/mol. The van der Waals surface area contributed by atoms with Crippen molar-refractivity contribution >= 4 is 22.7 Å². The molecule has 0 N–H and O–H groups in total. The predicted octanol–water partition coefficient (Wildman–Crippen LogP) is 4.79. The largest absolute Gasteiger partial charge is 0.465 e. The minimum atomic E-state index is -0.368. The van der Waals surface area contributed by atoms with Crippen LogP contribution in [-0.4, -0.2) is 23.8 Å². The Morgan fingerprint density at radius 2 is 2.00 bits per heavy atom. The third-order valence-corrected chi connectivity index (χ3v) is 5.70. The maximum absolute atomic E-state index is 13.0. The second-order valence-corrected chi connectivity index (χ2v) is 7.30. The van der Waals surface area contributed by atoms with Crippen molar-refractivity contribution in [3.8, 4) is 0 Å². The molecule has 142 valence electrons. The molecule has 0 saturated heterocycles. The van der Waals surface area contributed by atoms with E-state index in [4.69, 9.17) is 4.74 Å². The maximum Gasteiger partial charge on any atom is 0.338 e. The van der Waals surface area contributed by atoms with Crippen molar-refractivity contribution in [2.45, 2.75) is 32.1 Å². The Bertz CT molecular complexity index is 1040. The highest BCUT2D eigenvalue weighted by Crippen LogP contribution is 2.31. The molecule has 1 heterocycles. The molecule has 1 aliphatic carbocycles. The maximum atomic E-state index is 13.0. The van der Waals surface area contributed by atoms with Crippen molar-refractivity contribution in [1.82, 2.24) is 4.98 Å². The fourth-order valence-corrected chi connectivity index (χ4v) is 4.25. The second kappa shape index (κ2) is 7.93. The summed E-state index contributed by atoms with van der Waals surface area (Å²) in [6.45, 7) is 0. The van der Waals surface area contributed by atoms with Gasteiger partial charge in [0, 0.05) is 23.1 Å². The Morgan fingerprint density at radius 3 is 2.86 bits per heavy atom. The van der Waals surface area contributed by atoms with E-state index in [1.54, 1.807) is 12.1 Å². The molecular formula is C24H23NO3. The van der Waals surface area contributed by atoms with Crippen LogP contribution in [0.25, 0.3) is 10.9 Å². The number of benzene rings is 2. The van der Waals surface area contributed by atoms with Crippen molar-refractivity contribution in [3.63, 3.8) is 0 Å². The van der Waals surface area contributed by atoms with Gasteiger partial charge in [0.1, 0.15) is 0 Å². The molecule has 4 nitrogen and oxygen atoms in total. The molecule has 0 radical (unpaired) electrons. The molecule has 1 aromatic heterocycles. The van der Waals surface area contributed by atoms with E-state index in [1.807, 2.05) is 30.5 Å². The van der Waals surface area contributed by atoms with Gasteiger partial charge in [-0.05, 0) is 61.4 Å². The van der Waals surface area contributed by atoms with Crippen LogP contribution in [-0.2, 0) is 17.6 Å². The van der Waals surface area contributed by atoms with Crippen LogP contribution in [0.4, 0.5) is 0 Å². The van der Waals surface area contributed by atoms with Crippen LogP contribution >= 0.6 is 0 Å². The van der Waals surface area contributed by atoms with Crippen molar-refractivity contribution in [2.24, 2.45) is 5.92 Å². The van der Waals surface area contributed by atoms with Crippen LogP contribution in [0.5, 0.6) is 0 Å². The number of ether oxygens (including phenoxy) is 1. The number of Topliss-reactive ketones (excluding diaryl/α,β-unsaturated/α-hetero) is 1. The van der Waals surface area contributed by atoms with E-state index >= 15 is 0 Å². The molecule has 2 aromatic carbocycles. The number of ketones is 1. The molecule has 1 atom stereocenters. The van der Waals surface area contributed by atoms with Gasteiger partial charge in [-0.25, -0.2) is 4.79 Å². The zero-order valence-corrected chi connectivity index (χ0v) is 16.0. The molecule has 0 fully saturated rings. The molecule has 4 rings (SSSR count). The minimum Gasteiger partial charge on any atom is -0.465 e. The van der Waals surface area contributed by atoms with Gasteiger partial charge < -0.3 is 4.74 Å². The molecule has 4 heteroatoms. The molecule has 0 saturated carbocycles. The first kappa shape index (κ1) is 18.4. The summed E-state index contributed by atoms with van der Waals surface area (Å²) >= 11 is 0. The van der Waals surface area contributed by atoms with Crippen LogP contribution < -0.4 is 0 Å². The Hall–Kier alpha value is -3.01. The number of aryl methyl sites for hydroxylation is 1. The van der Waals surface area contributed by atoms with Crippen molar-refractivity contribution in [3.05, 3.63) is 77.0 Å². The standard InChI is InChI=1S/C24H23NO3/c1-28-24(27)21-10-5-9-20-19(21)13-12-17(23(20)26)7-4-6-16-14-15-25-22-11-3-2-8-18(16)22/h2-3,5,8-11,14-15,17H,4,6-7,12-13H2,1H3. The highest BCUT2D eigenvalue weighted by Gasteiger charge is 2.29. The average Bonchev–Trinajstić information content (AvgIpc) is 2.74. The number of fused-ring (bicyclic) bond motifs is 2. The number of nitrogens with zero attached hydrogens (tertiary/aromatic N) is 1. The first-order valence-corrected chi connectivity index (χ1v) is 9.76. The van der Waals surface area contributed by atoms with E-state index in [0.29, 0.717) is 11.1 Å². The lowest BCUT2D eigenvalue weighted by Crippen LogP contribution is -2.25. The van der Waals surface area contributed by atoms with Gasteiger partial charge in [-0.15, -0.1) is 0 Å². The first-order chi connectivity index (χ1) is 13.7. The number of rotatable bonds is 5. The number of carbonyl (C=O) groups is 2. The number of para-hydroxylation sites is 1. The minimum absolute atomic E-state index is 0.0218. The van der Waals surface area contributed by atoms with Gasteiger partial charge in [0.2, 0.25) is 0 Å². The summed E-state index contributed by atoms with van der Waals surface area (Å²) in [5.41, 5.74) is 4.35. The lowest BCUT2D eigenvalue weighted by molar-refractivity contribution is 0.0599. The summed E-state index contributed by atoms with van der Waals surface area (Å²) in [5, 5.41) is 1.19. The molecule has 0 bridgehead atoms. The third-order valence-electron chi connectivity index (χ3n) is 5.70. The Morgan fingerprint density at radius 1 is 1.14 bits per heavy atom. The highest BCUT2D eigenvalue weighted by atomic mass is 16.5. The second-order valence-electron chi connectivity index (χ2n) is 7.30. The Balaban J connectivity index is 1.46. The summed E-state index contributed by atoms with van der Waals surface area (Å²) < 4.78 is 4.86. The fraction of sp³-hybridized carbons (Fsp3) is 0.292. The number of pyridine rings is 1. The van der Waals surface area contributed by atoms with E-state index in [0.717, 1.165) is 43.2 Å². The van der Waals surface area contributed by atoms with E-state index in [-0.39, 0.29) is 17.7 Å². The summed E-state index contributed by atoms with van der Waals surface area (Å²) in [6, 6.07) is 15.6. The van der Waals surface area contributed by atoms with Crippen molar-refractivity contribution in [2.75, 3.05) is 7.11 Å². The molecule has 3 aromatic rings. The fourth-order valence-electron chi connectivity index (χ4n) is 4.25. The molecule has 0 spiro atoms. The number of hydrogen-bond acceptors (Lipinski definition) is 4. The lowest BCUT2D eigenvalue weighted by atomic mass is 9.78. The van der Waals surface area contributed by atoms with Gasteiger partial charge in [0.25, 0.3) is 0 Å². The van der Waals surface area contributed by atoms with Gasteiger partial charge in [-0.2, -0.15) is 0 Å². The first-order valence-electron chi connectivity index (χ1n) is 9.76. The normalized spacial score (nSPS) is 16.0. The third kappa shape index (κ3) is 3.42. The van der Waals surface area contributed by atoms with E-state index in [2.05, 4.69) is 17.1 Å². The van der Waals surface area contributed by atoms with Crippen LogP contribution in [0.2, 0.25) is 0 Å². The van der Waals surface area contributed by atoms with Crippen LogP contribution in [0.3, 0.4) is 0 Å². The number of carbonyl (C=O) groups excluding carboxylic acids is 2. The average molecular weight is 373 g/mol. The van der Waals surface area contributed by atoms with Gasteiger partial charge in [-0.1, -0.05) is 30.3 Å². The van der Waals surface area contributed by atoms with E-state index in [9.17, 15) is 9.59 Å². The molecule has 0 aliphatic heterocycles. The number of esters is 1. The summed E-state index contributed by atoms with van der Waals surface area (Å²) in [4.78, 5) is 29.4. The van der Waals surface area contributed by atoms with Crippen LogP contribution in [0.1, 0.15) is 51.1 Å². The summed E-state index contributed by atoms with van der Waals surface area (Å²) in [7, 11) is 1.37. The lowest BCUT2D eigenvalue weighted by Gasteiger charge is -2.24. The zero-order valence-electron chi connectivity index (χ0n) is 16.0. The quantitative estimate of drug-likeness (QED) is 0.604. The highest BCUT2D eigenvalue weighted by molar-refractivity contribution is 6.03. The summed E-state index contributed by atoms with van der Waals surface area (Å²) in [5.74, 6) is -0.187. The Kier molecular flexibility index (Phi) is 5.20. The van der Waals surface area contributed by atoms with E-state index in [1.165, 1.54) is 18.1 Å². The van der Waals surface area contributed by atoms with Gasteiger partial charge >= 0.3 is 5.97 Å². The van der Waals surface area contributed by atoms with Crippen molar-refractivity contribution in [1.29, 1.82) is 0 Å². The molecule has 28 heavy (non-hydrogen) atoms. The summed E-state index contributed by atoms with van der Waals surface area (Å²) in [6.07, 6.45) is 6.13. The number of hydrogen-bond donors (Lipinski definition) is 0. The predicted molar refractivity (Wildman–Crippen MR) is 109 cm³/mol. The van der Waals surface area contributed by atoms with Gasteiger partial charge in [0.15, 0.2) is 5.78 Å². The number of methoxy groups -OCH3 is 1. The molecule has 0 amide bonds. The van der Waals surface area contributed by atoms with Gasteiger partial charge in [-0.3, -0.25) is 9.78 Å². The van der Waals surface area contributed by atoms with Crippen molar-refractivity contribution < 1.29 is 14.3 Å². The zero-order chi connectivity index (χ0) is 19.5. The molecule has 1 unspecified atom stereocenters. The van der Waals surface area contributed by atoms with Gasteiger partial charge in [0.05, 0.1) is 18.2 Å². The Labute approximate surface area is 164 Å². The number of aromatic nitrogens is 1. The van der Waals surface area contributed by atoms with Crippen LogP contribution in [0, 0.1) is 5.92 Å². The molecular weight excluding hydrogens is 350 g/mol. The van der Waals surface area contributed by atoms with E-state index < -0.39 is 0 Å².